The maximum atomic E-state index is 13.1. The summed E-state index contributed by atoms with van der Waals surface area (Å²) in [5.41, 5.74) is 2.29. The number of benzene rings is 2. The third kappa shape index (κ3) is 3.18. The number of amides is 1. The number of Topliss-reactive ketones (excluding diaryl/α,β-unsaturated/α-hetero) is 1. The summed E-state index contributed by atoms with van der Waals surface area (Å²) in [7, 11) is 3.87. The lowest BCUT2D eigenvalue weighted by atomic mass is 9.94. The molecule has 1 aliphatic heterocycles. The maximum absolute atomic E-state index is 13.1. The molecule has 1 N–H and O–H groups in total. The molecule has 3 aromatic rings. The van der Waals surface area contributed by atoms with Crippen LogP contribution in [-0.2, 0) is 4.79 Å². The van der Waals surface area contributed by atoms with Crippen LogP contribution in [0.4, 0.5) is 11.4 Å². The van der Waals surface area contributed by atoms with Crippen LogP contribution in [-0.4, -0.2) is 30.9 Å². The summed E-state index contributed by atoms with van der Waals surface area (Å²) in [5.74, 6) is -1.62. The molecule has 0 fully saturated rings. The van der Waals surface area contributed by atoms with Gasteiger partial charge in [-0.15, -0.1) is 0 Å². The van der Waals surface area contributed by atoms with Gasteiger partial charge in [0.15, 0.2) is 11.5 Å². The number of aliphatic hydroxyl groups is 1. The van der Waals surface area contributed by atoms with Gasteiger partial charge in [-0.05, 0) is 42.0 Å². The summed E-state index contributed by atoms with van der Waals surface area (Å²) in [6.07, 6.45) is 1.39. The first kappa shape index (κ1) is 18.6. The van der Waals surface area contributed by atoms with Crippen LogP contribution >= 0.6 is 0 Å². The lowest BCUT2D eigenvalue weighted by Crippen LogP contribution is -2.31. The van der Waals surface area contributed by atoms with Crippen LogP contribution in [0.5, 0.6) is 0 Å². The minimum atomic E-state index is -0.765. The predicted octanol–water partition coefficient (Wildman–Crippen LogP) is 4.13. The van der Waals surface area contributed by atoms with Crippen LogP contribution in [0, 0.1) is 0 Å². The number of hydrogen-bond donors (Lipinski definition) is 1. The number of hydrogen-bond acceptors (Lipinski definition) is 5. The second kappa shape index (κ2) is 7.31. The molecule has 0 saturated carbocycles. The lowest BCUT2D eigenvalue weighted by molar-refractivity contribution is -0.117. The number of ketones is 1. The van der Waals surface area contributed by atoms with Crippen molar-refractivity contribution in [1.82, 2.24) is 0 Å². The molecular formula is C23H20N2O4. The molecule has 1 atom stereocenters. The van der Waals surface area contributed by atoms with Crippen molar-refractivity contribution in [3.8, 4) is 0 Å². The Morgan fingerprint density at radius 2 is 1.69 bits per heavy atom. The molecule has 4 rings (SSSR count). The second-order valence-electron chi connectivity index (χ2n) is 6.97. The van der Waals surface area contributed by atoms with Crippen molar-refractivity contribution in [2.24, 2.45) is 0 Å². The van der Waals surface area contributed by atoms with Crippen LogP contribution in [0.15, 0.2) is 88.7 Å². The van der Waals surface area contributed by atoms with Gasteiger partial charge in [-0.1, -0.05) is 30.3 Å². The van der Waals surface area contributed by atoms with Crippen LogP contribution in [0.3, 0.4) is 0 Å². The molecule has 0 saturated heterocycles. The molecule has 29 heavy (non-hydrogen) atoms. The molecule has 1 aromatic heterocycles. The van der Waals surface area contributed by atoms with Crippen molar-refractivity contribution in [1.29, 1.82) is 0 Å². The molecule has 6 nitrogen and oxygen atoms in total. The fraction of sp³-hybridized carbons (Fsp3) is 0.130. The number of aliphatic hydroxyl groups excluding tert-OH is 1. The van der Waals surface area contributed by atoms with Gasteiger partial charge in [0.1, 0.15) is 0 Å². The molecule has 6 heteroatoms. The van der Waals surface area contributed by atoms with Crippen molar-refractivity contribution in [2.75, 3.05) is 23.9 Å². The van der Waals surface area contributed by atoms with E-state index in [4.69, 9.17) is 4.42 Å². The number of anilines is 2. The molecule has 2 aromatic carbocycles. The average Bonchev–Trinajstić information content (AvgIpc) is 3.36. The molecule has 0 aliphatic carbocycles. The molecule has 0 spiro atoms. The Kier molecular flexibility index (Phi) is 4.68. The molecule has 0 bridgehead atoms. The average molecular weight is 388 g/mol. The Morgan fingerprint density at radius 3 is 2.28 bits per heavy atom. The molecule has 2 heterocycles. The normalized spacial score (nSPS) is 16.4. The highest BCUT2D eigenvalue weighted by Gasteiger charge is 2.45. The van der Waals surface area contributed by atoms with E-state index in [0.717, 1.165) is 5.69 Å². The third-order valence-electron chi connectivity index (χ3n) is 4.96. The van der Waals surface area contributed by atoms with Crippen molar-refractivity contribution in [3.63, 3.8) is 0 Å². The number of carbonyl (C=O) groups is 2. The SMILES string of the molecule is CN(C)c1ccc(C2C(C(=O)c3ccco3)=C(O)C(=O)N2c2ccccc2)cc1. The molecule has 146 valence electrons. The second-order valence-corrected chi connectivity index (χ2v) is 6.97. The Hall–Kier alpha value is -3.80. The van der Waals surface area contributed by atoms with Crippen molar-refractivity contribution >= 4 is 23.1 Å². The first-order valence-corrected chi connectivity index (χ1v) is 9.16. The van der Waals surface area contributed by atoms with Gasteiger partial charge in [-0.2, -0.15) is 0 Å². The van der Waals surface area contributed by atoms with Crippen molar-refractivity contribution in [3.05, 3.63) is 95.6 Å². The topological polar surface area (TPSA) is 74.0 Å². The molecule has 1 aliphatic rings. The van der Waals surface area contributed by atoms with E-state index in [1.165, 1.54) is 17.2 Å². The van der Waals surface area contributed by atoms with E-state index < -0.39 is 23.5 Å². The highest BCUT2D eigenvalue weighted by atomic mass is 16.3. The highest BCUT2D eigenvalue weighted by Crippen LogP contribution is 2.42. The van der Waals surface area contributed by atoms with Gasteiger partial charge in [-0.25, -0.2) is 0 Å². The lowest BCUT2D eigenvalue weighted by Gasteiger charge is -2.27. The first-order chi connectivity index (χ1) is 14.0. The summed E-state index contributed by atoms with van der Waals surface area (Å²) in [6.45, 7) is 0. The van der Waals surface area contributed by atoms with Gasteiger partial charge in [0.2, 0.25) is 5.78 Å². The summed E-state index contributed by atoms with van der Waals surface area (Å²) >= 11 is 0. The van der Waals surface area contributed by atoms with Gasteiger partial charge in [-0.3, -0.25) is 14.5 Å². The number of furan rings is 1. The van der Waals surface area contributed by atoms with Crippen molar-refractivity contribution in [2.45, 2.75) is 6.04 Å². The Labute approximate surface area is 168 Å². The standard InChI is InChI=1S/C23H20N2O4/c1-24(2)16-12-10-15(11-13-16)20-19(21(26)18-9-6-14-29-18)22(27)23(28)25(20)17-7-4-3-5-8-17/h3-14,20,27H,1-2H3. The van der Waals surface area contributed by atoms with E-state index in [2.05, 4.69) is 0 Å². The molecule has 1 amide bonds. The van der Waals surface area contributed by atoms with Gasteiger partial charge in [0, 0.05) is 25.5 Å². The number of nitrogens with zero attached hydrogens (tertiary/aromatic N) is 2. The molecular weight excluding hydrogens is 368 g/mol. The first-order valence-electron chi connectivity index (χ1n) is 9.16. The van der Waals surface area contributed by atoms with E-state index >= 15 is 0 Å². The highest BCUT2D eigenvalue weighted by molar-refractivity contribution is 6.20. The Balaban J connectivity index is 1.86. The fourth-order valence-corrected chi connectivity index (χ4v) is 3.50. The quantitative estimate of drug-likeness (QED) is 0.666. The zero-order valence-corrected chi connectivity index (χ0v) is 16.1. The Bertz CT molecular complexity index is 1070. The zero-order chi connectivity index (χ0) is 20.5. The van der Waals surface area contributed by atoms with Gasteiger partial charge in [0.25, 0.3) is 5.91 Å². The largest absolute Gasteiger partial charge is 0.503 e. The summed E-state index contributed by atoms with van der Waals surface area (Å²) in [4.78, 5) is 29.5. The summed E-state index contributed by atoms with van der Waals surface area (Å²) in [5, 5.41) is 10.7. The van der Waals surface area contributed by atoms with Crippen LogP contribution in [0.1, 0.15) is 22.2 Å². The number of carbonyl (C=O) groups excluding carboxylic acids is 2. The van der Waals surface area contributed by atoms with Gasteiger partial charge >= 0.3 is 0 Å². The molecule has 1 unspecified atom stereocenters. The molecule has 0 radical (unpaired) electrons. The summed E-state index contributed by atoms with van der Waals surface area (Å²) < 4.78 is 5.24. The fourth-order valence-electron chi connectivity index (χ4n) is 3.50. The minimum absolute atomic E-state index is 0.00593. The van der Waals surface area contributed by atoms with E-state index in [-0.39, 0.29) is 11.3 Å². The smallest absolute Gasteiger partial charge is 0.294 e. The van der Waals surface area contributed by atoms with E-state index in [9.17, 15) is 14.7 Å². The van der Waals surface area contributed by atoms with Crippen LogP contribution in [0.2, 0.25) is 0 Å². The minimum Gasteiger partial charge on any atom is -0.503 e. The number of para-hydroxylation sites is 1. The zero-order valence-electron chi connectivity index (χ0n) is 16.1. The van der Waals surface area contributed by atoms with Gasteiger partial charge in [0.05, 0.1) is 17.9 Å². The number of rotatable bonds is 5. The predicted molar refractivity (Wildman–Crippen MR) is 110 cm³/mol. The van der Waals surface area contributed by atoms with Crippen LogP contribution in [0.25, 0.3) is 0 Å². The van der Waals surface area contributed by atoms with Gasteiger partial charge < -0.3 is 14.4 Å². The third-order valence-corrected chi connectivity index (χ3v) is 4.96. The monoisotopic (exact) mass is 388 g/mol. The van der Waals surface area contributed by atoms with Crippen LogP contribution < -0.4 is 9.80 Å². The van der Waals surface area contributed by atoms with E-state index in [1.807, 2.05) is 49.3 Å². The summed E-state index contributed by atoms with van der Waals surface area (Å²) in [6, 6.07) is 18.9. The maximum Gasteiger partial charge on any atom is 0.294 e. The van der Waals surface area contributed by atoms with E-state index in [1.54, 1.807) is 30.3 Å². The van der Waals surface area contributed by atoms with E-state index in [0.29, 0.717) is 11.3 Å². The van der Waals surface area contributed by atoms with Crippen molar-refractivity contribution < 1.29 is 19.1 Å². The Morgan fingerprint density at radius 1 is 1.00 bits per heavy atom.